The van der Waals surface area contributed by atoms with Gasteiger partial charge < -0.3 is 28.4 Å². The van der Waals surface area contributed by atoms with Crippen molar-refractivity contribution in [3.8, 4) is 0 Å². The predicted octanol–water partition coefficient (Wildman–Crippen LogP) is 6.31. The van der Waals surface area contributed by atoms with Crippen LogP contribution in [0.15, 0.2) is 0 Å². The number of hydrogen-bond donors (Lipinski definition) is 0. The second-order valence-corrected chi connectivity index (χ2v) is 11.1. The Balaban J connectivity index is 5.02. The highest BCUT2D eigenvalue weighted by Gasteiger charge is 2.34. The number of ether oxygens (including phenoxy) is 6. The van der Waals surface area contributed by atoms with Gasteiger partial charge in [-0.3, -0.25) is 14.7 Å². The molecule has 0 amide bonds. The zero-order valence-corrected chi connectivity index (χ0v) is 27.4. The molecule has 0 N–H and O–H groups in total. The number of carbonyl (C=O) groups excluding carboxylic acids is 3. The molecule has 0 saturated heterocycles. The highest BCUT2D eigenvalue weighted by molar-refractivity contribution is 5.59. The third kappa shape index (κ3) is 20.2. The van der Waals surface area contributed by atoms with Gasteiger partial charge in [0, 0.05) is 6.42 Å². The standard InChI is InChI=1S/C28H52O15/c1-11-15-28(35-19-16-32-22(29)38-41-25(5,6)12-2,36-20-17-33-23(30)39-42-26(7,8)13-3)37-21-18-34-24(31)40-43-27(9,10)14-4/h11-21H2,1-10H3. The lowest BCUT2D eigenvalue weighted by molar-refractivity contribution is -0.388. The van der Waals surface area contributed by atoms with Crippen molar-refractivity contribution < 1.29 is 72.1 Å². The summed E-state index contributed by atoms with van der Waals surface area (Å²) < 4.78 is 32.3. The van der Waals surface area contributed by atoms with Crippen molar-refractivity contribution in [1.82, 2.24) is 0 Å². The molecule has 0 atom stereocenters. The largest absolute Gasteiger partial charge is 0.540 e. The van der Waals surface area contributed by atoms with Crippen LogP contribution in [0.1, 0.15) is 101 Å². The lowest BCUT2D eigenvalue weighted by atomic mass is 10.1. The lowest BCUT2D eigenvalue weighted by Crippen LogP contribution is -2.42. The van der Waals surface area contributed by atoms with Crippen molar-refractivity contribution in [3.05, 3.63) is 0 Å². The van der Waals surface area contributed by atoms with Gasteiger partial charge in [-0.15, -0.1) is 0 Å². The van der Waals surface area contributed by atoms with Gasteiger partial charge in [0.25, 0.3) is 5.97 Å². The van der Waals surface area contributed by atoms with E-state index in [4.69, 9.17) is 43.1 Å². The van der Waals surface area contributed by atoms with Crippen LogP contribution in [-0.4, -0.2) is 80.9 Å². The zero-order chi connectivity index (χ0) is 33.0. The van der Waals surface area contributed by atoms with Crippen molar-refractivity contribution >= 4 is 18.5 Å². The maximum absolute atomic E-state index is 11.8. The number of hydrogen-bond acceptors (Lipinski definition) is 15. The van der Waals surface area contributed by atoms with Crippen LogP contribution in [0.5, 0.6) is 0 Å². The third-order valence-electron chi connectivity index (χ3n) is 5.99. The molecule has 0 unspecified atom stereocenters. The SMILES string of the molecule is CCCC(OCCOC(=O)OOC(C)(C)CC)(OCCOC(=O)OOC(C)(C)CC)OCCOC(=O)OOC(C)(C)CC. The minimum atomic E-state index is -1.68. The zero-order valence-electron chi connectivity index (χ0n) is 27.4. The molecule has 0 aromatic carbocycles. The molecular formula is C28H52O15. The Morgan fingerprint density at radius 2 is 0.744 bits per heavy atom. The third-order valence-corrected chi connectivity index (χ3v) is 5.99. The molecule has 0 aromatic heterocycles. The summed E-state index contributed by atoms with van der Waals surface area (Å²) in [7, 11) is 0. The second-order valence-electron chi connectivity index (χ2n) is 11.1. The van der Waals surface area contributed by atoms with E-state index in [1.54, 1.807) is 41.5 Å². The summed E-state index contributed by atoms with van der Waals surface area (Å²) in [5.41, 5.74) is -2.02. The monoisotopic (exact) mass is 628 g/mol. The van der Waals surface area contributed by atoms with E-state index < -0.39 is 41.2 Å². The van der Waals surface area contributed by atoms with Gasteiger partial charge in [-0.2, -0.15) is 14.7 Å². The smallest absolute Gasteiger partial charge is 0.430 e. The summed E-state index contributed by atoms with van der Waals surface area (Å²) in [4.78, 5) is 64.6. The van der Waals surface area contributed by atoms with Crippen LogP contribution in [0.3, 0.4) is 0 Å². The minimum absolute atomic E-state index is 0.169. The van der Waals surface area contributed by atoms with Crippen molar-refractivity contribution in [3.63, 3.8) is 0 Å². The van der Waals surface area contributed by atoms with Gasteiger partial charge in [-0.1, -0.05) is 27.7 Å². The Bertz CT molecular complexity index is 699. The Hall–Kier alpha value is -2.43. The first-order valence-electron chi connectivity index (χ1n) is 14.5. The van der Waals surface area contributed by atoms with Crippen LogP contribution in [0.4, 0.5) is 14.4 Å². The summed E-state index contributed by atoms with van der Waals surface area (Å²) in [6, 6.07) is 0. The molecule has 0 saturated carbocycles. The van der Waals surface area contributed by atoms with Gasteiger partial charge in [-0.05, 0) is 67.2 Å². The van der Waals surface area contributed by atoms with Crippen LogP contribution in [0.2, 0.25) is 0 Å². The molecule has 0 aliphatic carbocycles. The molecule has 0 rings (SSSR count). The molecule has 0 fully saturated rings. The molecule has 0 aromatic rings. The van der Waals surface area contributed by atoms with E-state index in [0.29, 0.717) is 25.7 Å². The van der Waals surface area contributed by atoms with E-state index in [1.165, 1.54) is 0 Å². The molecule has 0 bridgehead atoms. The van der Waals surface area contributed by atoms with Gasteiger partial charge in [0.15, 0.2) is 0 Å². The molecule has 254 valence electrons. The first-order valence-corrected chi connectivity index (χ1v) is 14.5. The Kier molecular flexibility index (Phi) is 19.4. The Morgan fingerprint density at radius 1 is 0.465 bits per heavy atom. The summed E-state index contributed by atoms with van der Waals surface area (Å²) >= 11 is 0. The van der Waals surface area contributed by atoms with Gasteiger partial charge >= 0.3 is 18.5 Å². The van der Waals surface area contributed by atoms with E-state index in [0.717, 1.165) is 0 Å². The van der Waals surface area contributed by atoms with Crippen LogP contribution < -0.4 is 0 Å². The fraction of sp³-hybridized carbons (Fsp3) is 0.893. The maximum Gasteiger partial charge on any atom is 0.540 e. The van der Waals surface area contributed by atoms with Crippen LogP contribution >= 0.6 is 0 Å². The predicted molar refractivity (Wildman–Crippen MR) is 149 cm³/mol. The molecule has 0 aliphatic heterocycles. The highest BCUT2D eigenvalue weighted by atomic mass is 17.2. The molecule has 15 nitrogen and oxygen atoms in total. The molecule has 0 heterocycles. The summed E-state index contributed by atoms with van der Waals surface area (Å²) in [6.45, 7) is 16.8. The molecule has 43 heavy (non-hydrogen) atoms. The van der Waals surface area contributed by atoms with E-state index >= 15 is 0 Å². The maximum atomic E-state index is 11.8. The average Bonchev–Trinajstić information content (AvgIpc) is 2.97. The van der Waals surface area contributed by atoms with E-state index in [1.807, 2.05) is 27.7 Å². The van der Waals surface area contributed by atoms with Crippen LogP contribution in [0.25, 0.3) is 0 Å². The normalized spacial score (nSPS) is 12.4. The van der Waals surface area contributed by atoms with E-state index in [2.05, 4.69) is 14.7 Å². The number of carbonyl (C=O) groups is 3. The first-order chi connectivity index (χ1) is 20.0. The highest BCUT2D eigenvalue weighted by Crippen LogP contribution is 2.23. The fourth-order valence-corrected chi connectivity index (χ4v) is 2.30. The minimum Gasteiger partial charge on any atom is -0.430 e. The number of rotatable bonds is 23. The van der Waals surface area contributed by atoms with Crippen molar-refractivity contribution in [2.24, 2.45) is 0 Å². The first kappa shape index (κ1) is 40.6. The van der Waals surface area contributed by atoms with Crippen molar-refractivity contribution in [2.75, 3.05) is 39.6 Å². The quantitative estimate of drug-likeness (QED) is 0.0309. The second kappa shape index (κ2) is 20.5. The average molecular weight is 629 g/mol. The van der Waals surface area contributed by atoms with Crippen molar-refractivity contribution in [1.29, 1.82) is 0 Å². The summed E-state index contributed by atoms with van der Waals surface area (Å²) in [5.74, 6) is -1.68. The van der Waals surface area contributed by atoms with Gasteiger partial charge in [0.1, 0.15) is 36.6 Å². The Labute approximate surface area is 254 Å². The molecular weight excluding hydrogens is 576 g/mol. The molecule has 0 spiro atoms. The summed E-state index contributed by atoms with van der Waals surface area (Å²) in [6.07, 6.45) is -0.580. The topological polar surface area (TPSA) is 162 Å². The Morgan fingerprint density at radius 3 is 0.977 bits per heavy atom. The van der Waals surface area contributed by atoms with E-state index in [9.17, 15) is 14.4 Å². The molecule has 0 aliphatic rings. The van der Waals surface area contributed by atoms with Crippen LogP contribution in [-0.2, 0) is 57.7 Å². The van der Waals surface area contributed by atoms with Crippen molar-refractivity contribution in [2.45, 2.75) is 124 Å². The van der Waals surface area contributed by atoms with E-state index in [-0.39, 0.29) is 46.1 Å². The van der Waals surface area contributed by atoms with Gasteiger partial charge in [0.2, 0.25) is 0 Å². The molecule has 0 radical (unpaired) electrons. The van der Waals surface area contributed by atoms with Gasteiger partial charge in [-0.25, -0.2) is 14.4 Å². The molecule has 15 heteroatoms. The summed E-state index contributed by atoms with van der Waals surface area (Å²) in [5, 5.41) is 0. The van der Waals surface area contributed by atoms with Crippen LogP contribution in [0, 0.1) is 0 Å². The lowest BCUT2D eigenvalue weighted by Gasteiger charge is -2.33. The fourth-order valence-electron chi connectivity index (χ4n) is 2.30. The van der Waals surface area contributed by atoms with Gasteiger partial charge in [0.05, 0.1) is 19.8 Å².